The molecule has 1 fully saturated rings. The van der Waals surface area contributed by atoms with Gasteiger partial charge in [-0.15, -0.1) is 5.10 Å². The summed E-state index contributed by atoms with van der Waals surface area (Å²) in [5, 5.41) is 12.2. The van der Waals surface area contributed by atoms with Gasteiger partial charge in [0.15, 0.2) is 11.5 Å². The maximum absolute atomic E-state index is 4.93. The van der Waals surface area contributed by atoms with Gasteiger partial charge in [-0.2, -0.15) is 9.97 Å². The molecule has 0 aliphatic carbocycles. The molecule has 1 N–H and O–H groups in total. The molecular formula is C25H24BrN9. The van der Waals surface area contributed by atoms with E-state index in [-0.39, 0.29) is 0 Å². The molecule has 0 spiro atoms. The van der Waals surface area contributed by atoms with Crippen molar-refractivity contribution in [3.05, 3.63) is 82.9 Å². The Morgan fingerprint density at radius 3 is 2.54 bits per heavy atom. The molecule has 0 amide bonds. The number of aromatic nitrogens is 7. The fraction of sp³-hybridized carbons (Fsp3) is 0.240. The number of imidazole rings is 1. The van der Waals surface area contributed by atoms with Gasteiger partial charge in [-0.25, -0.2) is 9.67 Å². The first kappa shape index (κ1) is 21.7. The third-order valence-corrected chi connectivity index (χ3v) is 6.65. The molecule has 4 heterocycles. The van der Waals surface area contributed by atoms with Gasteiger partial charge in [0.2, 0.25) is 5.95 Å². The van der Waals surface area contributed by atoms with Crippen LogP contribution >= 0.6 is 15.9 Å². The van der Waals surface area contributed by atoms with Gasteiger partial charge in [-0.3, -0.25) is 0 Å². The topological polar surface area (TPSA) is 89.6 Å². The minimum absolute atomic E-state index is 0.513. The predicted molar refractivity (Wildman–Crippen MR) is 139 cm³/mol. The number of nitrogens with one attached hydrogen (secondary N) is 1. The van der Waals surface area contributed by atoms with Crippen molar-refractivity contribution in [2.75, 3.05) is 23.3 Å². The lowest BCUT2D eigenvalue weighted by Crippen LogP contribution is -2.21. The van der Waals surface area contributed by atoms with Gasteiger partial charge in [0.05, 0.1) is 24.8 Å². The Bertz CT molecular complexity index is 1440. The SMILES string of the molecule is Brc1ccc(-n2cc(Cn3cnc4nc(N5CCCC5)nc(NCc5ccccc5)c43)nn2)cc1. The van der Waals surface area contributed by atoms with Crippen molar-refractivity contribution in [1.82, 2.24) is 34.5 Å². The van der Waals surface area contributed by atoms with Gasteiger partial charge in [0, 0.05) is 24.1 Å². The summed E-state index contributed by atoms with van der Waals surface area (Å²) >= 11 is 3.47. The van der Waals surface area contributed by atoms with E-state index in [4.69, 9.17) is 9.97 Å². The molecule has 35 heavy (non-hydrogen) atoms. The quantitative estimate of drug-likeness (QED) is 0.333. The number of hydrogen-bond donors (Lipinski definition) is 1. The van der Waals surface area contributed by atoms with Crippen molar-refractivity contribution < 1.29 is 0 Å². The Labute approximate surface area is 211 Å². The van der Waals surface area contributed by atoms with Crippen LogP contribution in [0, 0.1) is 0 Å². The van der Waals surface area contributed by atoms with Crippen molar-refractivity contribution in [3.63, 3.8) is 0 Å². The molecule has 2 aromatic carbocycles. The van der Waals surface area contributed by atoms with Crippen LogP contribution in [0.2, 0.25) is 0 Å². The van der Waals surface area contributed by atoms with Crippen molar-refractivity contribution in [3.8, 4) is 5.69 Å². The average molecular weight is 530 g/mol. The Balaban J connectivity index is 1.32. The Kier molecular flexibility index (Phi) is 5.87. The number of benzene rings is 2. The fourth-order valence-corrected chi connectivity index (χ4v) is 4.58. The summed E-state index contributed by atoms with van der Waals surface area (Å²) in [5.41, 5.74) is 4.50. The molecular weight excluding hydrogens is 506 g/mol. The van der Waals surface area contributed by atoms with Crippen LogP contribution in [0.3, 0.4) is 0 Å². The third kappa shape index (κ3) is 4.61. The molecule has 0 atom stereocenters. The summed E-state index contributed by atoms with van der Waals surface area (Å²) < 4.78 is 4.83. The zero-order valence-electron chi connectivity index (χ0n) is 19.0. The molecule has 10 heteroatoms. The highest BCUT2D eigenvalue weighted by atomic mass is 79.9. The lowest BCUT2D eigenvalue weighted by molar-refractivity contribution is 0.769. The number of rotatable bonds is 7. The monoisotopic (exact) mass is 529 g/mol. The number of fused-ring (bicyclic) bond motifs is 1. The molecule has 0 unspecified atom stereocenters. The maximum atomic E-state index is 4.93. The van der Waals surface area contributed by atoms with Gasteiger partial charge in [0.1, 0.15) is 11.2 Å². The number of halogens is 1. The maximum Gasteiger partial charge on any atom is 0.229 e. The summed E-state index contributed by atoms with van der Waals surface area (Å²) in [7, 11) is 0. The van der Waals surface area contributed by atoms with Crippen LogP contribution in [0.15, 0.2) is 71.6 Å². The van der Waals surface area contributed by atoms with E-state index < -0.39 is 0 Å². The van der Waals surface area contributed by atoms with E-state index in [1.54, 1.807) is 11.0 Å². The van der Waals surface area contributed by atoms with Crippen LogP contribution in [-0.4, -0.2) is 47.6 Å². The van der Waals surface area contributed by atoms with E-state index in [2.05, 4.69) is 53.6 Å². The average Bonchev–Trinajstić information content (AvgIpc) is 3.66. The lowest BCUT2D eigenvalue weighted by atomic mass is 10.2. The summed E-state index contributed by atoms with van der Waals surface area (Å²) in [6.07, 6.45) is 6.07. The van der Waals surface area contributed by atoms with Crippen molar-refractivity contribution >= 4 is 38.9 Å². The molecule has 3 aromatic heterocycles. The van der Waals surface area contributed by atoms with E-state index in [0.717, 1.165) is 59.1 Å². The van der Waals surface area contributed by atoms with E-state index in [1.165, 1.54) is 5.56 Å². The Hall–Kier alpha value is -3.79. The van der Waals surface area contributed by atoms with E-state index in [1.807, 2.05) is 53.2 Å². The largest absolute Gasteiger partial charge is 0.364 e. The minimum atomic E-state index is 0.513. The fourth-order valence-electron chi connectivity index (χ4n) is 4.32. The molecule has 1 saturated heterocycles. The highest BCUT2D eigenvalue weighted by Gasteiger charge is 2.20. The molecule has 176 valence electrons. The van der Waals surface area contributed by atoms with Crippen LogP contribution < -0.4 is 10.2 Å². The molecule has 1 aliphatic heterocycles. The van der Waals surface area contributed by atoms with Gasteiger partial charge in [0.25, 0.3) is 0 Å². The highest BCUT2D eigenvalue weighted by Crippen LogP contribution is 2.26. The second kappa shape index (κ2) is 9.46. The Morgan fingerprint density at radius 1 is 0.943 bits per heavy atom. The number of anilines is 2. The van der Waals surface area contributed by atoms with E-state index in [9.17, 15) is 0 Å². The second-order valence-electron chi connectivity index (χ2n) is 8.58. The minimum Gasteiger partial charge on any atom is -0.364 e. The molecule has 0 bridgehead atoms. The predicted octanol–water partition coefficient (Wildman–Crippen LogP) is 4.43. The van der Waals surface area contributed by atoms with Gasteiger partial charge in [-0.1, -0.05) is 51.5 Å². The van der Waals surface area contributed by atoms with Crippen molar-refractivity contribution in [1.29, 1.82) is 0 Å². The van der Waals surface area contributed by atoms with E-state index in [0.29, 0.717) is 18.7 Å². The van der Waals surface area contributed by atoms with Gasteiger partial charge >= 0.3 is 0 Å². The normalized spacial score (nSPS) is 13.6. The molecule has 9 nitrogen and oxygen atoms in total. The van der Waals surface area contributed by atoms with Crippen LogP contribution in [0.1, 0.15) is 24.1 Å². The summed E-state index contributed by atoms with van der Waals surface area (Å²) in [4.78, 5) is 16.6. The number of nitrogens with zero attached hydrogens (tertiary/aromatic N) is 8. The first-order valence-corrected chi connectivity index (χ1v) is 12.4. The van der Waals surface area contributed by atoms with Gasteiger partial charge < -0.3 is 14.8 Å². The van der Waals surface area contributed by atoms with Crippen molar-refractivity contribution in [2.24, 2.45) is 0 Å². The first-order valence-electron chi connectivity index (χ1n) is 11.7. The molecule has 0 radical (unpaired) electrons. The summed E-state index contributed by atoms with van der Waals surface area (Å²) in [6.45, 7) is 3.13. The number of hydrogen-bond acceptors (Lipinski definition) is 7. The zero-order valence-corrected chi connectivity index (χ0v) is 20.6. The third-order valence-electron chi connectivity index (χ3n) is 6.12. The van der Waals surface area contributed by atoms with Crippen LogP contribution in [0.5, 0.6) is 0 Å². The molecule has 6 rings (SSSR count). The Morgan fingerprint density at radius 2 is 1.74 bits per heavy atom. The molecule has 0 saturated carbocycles. The second-order valence-corrected chi connectivity index (χ2v) is 9.50. The molecule has 1 aliphatic rings. The smallest absolute Gasteiger partial charge is 0.229 e. The standard InChI is InChI=1S/C25H24BrN9/c26-19-8-10-21(11-9-19)35-16-20(31-32-35)15-34-17-28-24-22(34)23(27-14-18-6-2-1-3-7-18)29-25(30-24)33-12-4-5-13-33/h1-3,6-11,16-17H,4-5,12-15H2,(H,27,29,30). The summed E-state index contributed by atoms with van der Waals surface area (Å²) in [5.74, 6) is 1.51. The van der Waals surface area contributed by atoms with Crippen LogP contribution in [0.4, 0.5) is 11.8 Å². The lowest BCUT2D eigenvalue weighted by Gasteiger charge is -2.17. The van der Waals surface area contributed by atoms with Gasteiger partial charge in [-0.05, 0) is 42.7 Å². The van der Waals surface area contributed by atoms with Crippen LogP contribution in [-0.2, 0) is 13.1 Å². The van der Waals surface area contributed by atoms with Crippen molar-refractivity contribution in [2.45, 2.75) is 25.9 Å². The highest BCUT2D eigenvalue weighted by molar-refractivity contribution is 9.10. The van der Waals surface area contributed by atoms with Crippen LogP contribution in [0.25, 0.3) is 16.9 Å². The molecule has 5 aromatic rings. The first-order chi connectivity index (χ1) is 17.2. The zero-order chi connectivity index (χ0) is 23.6. The summed E-state index contributed by atoms with van der Waals surface area (Å²) in [6, 6.07) is 18.3. The van der Waals surface area contributed by atoms with E-state index >= 15 is 0 Å².